The Kier molecular flexibility index (Phi) is 7.30. The predicted octanol–water partition coefficient (Wildman–Crippen LogP) is 3.65. The molecule has 144 valence electrons. The number of hydrogen-bond acceptors (Lipinski definition) is 3. The average molecular weight is 362 g/mol. The molecule has 0 atom stereocenters. The fourth-order valence-electron chi connectivity index (χ4n) is 3.29. The van der Waals surface area contributed by atoms with Gasteiger partial charge in [0.05, 0.1) is 12.5 Å². The fourth-order valence-corrected chi connectivity index (χ4v) is 3.29. The van der Waals surface area contributed by atoms with Crippen LogP contribution in [0.4, 0.5) is 4.79 Å². The number of hydrogen-bond donors (Lipinski definition) is 2. The minimum absolute atomic E-state index is 0.0553. The number of amides is 2. The number of ether oxygens (including phenoxy) is 1. The zero-order valence-corrected chi connectivity index (χ0v) is 15.9. The monoisotopic (exact) mass is 362 g/mol. The maximum absolute atomic E-state index is 12.7. The molecule has 1 saturated carbocycles. The van der Waals surface area contributed by atoms with E-state index in [0.29, 0.717) is 26.0 Å². The largest absolute Gasteiger partial charge is 0.494 e. The Morgan fingerprint density at radius 3 is 2.31 bits per heavy atom. The van der Waals surface area contributed by atoms with Gasteiger partial charge in [-0.25, -0.2) is 4.79 Å². The lowest BCUT2D eigenvalue weighted by Crippen LogP contribution is -2.48. The molecule has 0 spiro atoms. The summed E-state index contributed by atoms with van der Waals surface area (Å²) in [4.78, 5) is 25.6. The third-order valence-electron chi connectivity index (χ3n) is 4.88. The molecule has 0 aromatic heterocycles. The normalized spacial score (nSPS) is 19.8. The van der Waals surface area contributed by atoms with Gasteiger partial charge in [-0.1, -0.05) is 12.1 Å². The van der Waals surface area contributed by atoms with E-state index in [-0.39, 0.29) is 24.0 Å². The Hall–Kier alpha value is -2.24. The molecule has 6 nitrogen and oxygen atoms in total. The van der Waals surface area contributed by atoms with Gasteiger partial charge in [0.2, 0.25) is 0 Å². The molecule has 1 aromatic carbocycles. The van der Waals surface area contributed by atoms with Crippen LogP contribution in [0.3, 0.4) is 0 Å². The number of nitrogens with zero attached hydrogens (tertiary/aromatic N) is 1. The van der Waals surface area contributed by atoms with Crippen molar-refractivity contribution in [1.29, 1.82) is 0 Å². The molecule has 0 aliphatic heterocycles. The highest BCUT2D eigenvalue weighted by Gasteiger charge is 2.28. The molecule has 0 unspecified atom stereocenters. The van der Waals surface area contributed by atoms with Gasteiger partial charge in [-0.05, 0) is 64.2 Å². The molecule has 0 radical (unpaired) electrons. The topological polar surface area (TPSA) is 78.9 Å². The molecule has 0 heterocycles. The van der Waals surface area contributed by atoms with Gasteiger partial charge in [-0.2, -0.15) is 0 Å². The molecule has 26 heavy (non-hydrogen) atoms. The number of carbonyl (C=O) groups excluding carboxylic acids is 1. The van der Waals surface area contributed by atoms with Crippen molar-refractivity contribution in [2.24, 2.45) is 5.92 Å². The quantitative estimate of drug-likeness (QED) is 0.776. The molecule has 1 aromatic rings. The first-order chi connectivity index (χ1) is 12.4. The summed E-state index contributed by atoms with van der Waals surface area (Å²) >= 11 is 0. The predicted molar refractivity (Wildman–Crippen MR) is 100 cm³/mol. The van der Waals surface area contributed by atoms with E-state index < -0.39 is 5.97 Å². The minimum atomic E-state index is -0.728. The summed E-state index contributed by atoms with van der Waals surface area (Å²) in [5.41, 5.74) is 1.05. The molecule has 1 aliphatic carbocycles. The van der Waals surface area contributed by atoms with Gasteiger partial charge >= 0.3 is 12.0 Å². The SMILES string of the molecule is CCOc1ccc(CN(C(=O)NC2CCC(C(=O)O)CC2)C(C)C)cc1. The fraction of sp³-hybridized carbons (Fsp3) is 0.600. The van der Waals surface area contributed by atoms with Crippen molar-refractivity contribution in [3.05, 3.63) is 29.8 Å². The van der Waals surface area contributed by atoms with Gasteiger partial charge < -0.3 is 20.1 Å². The standard InChI is InChI=1S/C20H30N2O4/c1-4-26-18-11-5-15(6-12-18)13-22(14(2)3)20(25)21-17-9-7-16(8-10-17)19(23)24/h5-6,11-12,14,16-17H,4,7-10,13H2,1-3H3,(H,21,25)(H,23,24). The molecule has 2 amide bonds. The molecule has 2 N–H and O–H groups in total. The summed E-state index contributed by atoms with van der Waals surface area (Å²) in [7, 11) is 0. The van der Waals surface area contributed by atoms with Crippen molar-refractivity contribution in [1.82, 2.24) is 10.2 Å². The molecular weight excluding hydrogens is 332 g/mol. The smallest absolute Gasteiger partial charge is 0.318 e. The Morgan fingerprint density at radius 1 is 1.19 bits per heavy atom. The summed E-state index contributed by atoms with van der Waals surface area (Å²) in [6, 6.07) is 7.83. The zero-order chi connectivity index (χ0) is 19.1. The Morgan fingerprint density at radius 2 is 1.81 bits per heavy atom. The number of urea groups is 1. The van der Waals surface area contributed by atoms with Crippen molar-refractivity contribution in [2.75, 3.05) is 6.61 Å². The van der Waals surface area contributed by atoms with Crippen LogP contribution in [0.15, 0.2) is 24.3 Å². The summed E-state index contributed by atoms with van der Waals surface area (Å²) < 4.78 is 5.45. The van der Waals surface area contributed by atoms with Gasteiger partial charge in [0.15, 0.2) is 0 Å². The average Bonchev–Trinajstić information content (AvgIpc) is 2.61. The van der Waals surface area contributed by atoms with Crippen LogP contribution in [0.5, 0.6) is 5.75 Å². The number of aliphatic carboxylic acids is 1. The third-order valence-corrected chi connectivity index (χ3v) is 4.88. The van der Waals surface area contributed by atoms with Crippen LogP contribution in [-0.4, -0.2) is 40.7 Å². The Balaban J connectivity index is 1.92. The second kappa shape index (κ2) is 9.46. The first-order valence-electron chi connectivity index (χ1n) is 9.42. The number of nitrogens with one attached hydrogen (secondary N) is 1. The van der Waals surface area contributed by atoms with Crippen LogP contribution in [0, 0.1) is 5.92 Å². The highest BCUT2D eigenvalue weighted by atomic mass is 16.5. The lowest BCUT2D eigenvalue weighted by Gasteiger charge is -2.32. The van der Waals surface area contributed by atoms with Crippen LogP contribution in [-0.2, 0) is 11.3 Å². The summed E-state index contributed by atoms with van der Waals surface area (Å²) in [6.45, 7) is 7.10. The van der Waals surface area contributed by atoms with Crippen molar-refractivity contribution in [3.8, 4) is 5.75 Å². The van der Waals surface area contributed by atoms with E-state index in [9.17, 15) is 9.59 Å². The maximum Gasteiger partial charge on any atom is 0.318 e. The first-order valence-corrected chi connectivity index (χ1v) is 9.42. The van der Waals surface area contributed by atoms with Crippen LogP contribution in [0.25, 0.3) is 0 Å². The Bertz CT molecular complexity index is 592. The van der Waals surface area contributed by atoms with E-state index in [2.05, 4.69) is 5.32 Å². The van der Waals surface area contributed by atoms with E-state index in [1.54, 1.807) is 4.90 Å². The summed E-state index contributed by atoms with van der Waals surface area (Å²) in [5.74, 6) is -0.172. The van der Waals surface area contributed by atoms with E-state index in [0.717, 1.165) is 24.2 Å². The molecule has 6 heteroatoms. The van der Waals surface area contributed by atoms with E-state index >= 15 is 0 Å². The van der Waals surface area contributed by atoms with Crippen molar-refractivity contribution >= 4 is 12.0 Å². The molecule has 1 aliphatic rings. The first kappa shape index (κ1) is 20.1. The molecule has 0 saturated heterocycles. The second-order valence-electron chi connectivity index (χ2n) is 7.13. The number of carboxylic acid groups (broad SMARTS) is 1. The third kappa shape index (κ3) is 5.64. The molecule has 2 rings (SSSR count). The van der Waals surface area contributed by atoms with Gasteiger partial charge in [0.25, 0.3) is 0 Å². The van der Waals surface area contributed by atoms with E-state index in [4.69, 9.17) is 9.84 Å². The molecule has 0 bridgehead atoms. The minimum Gasteiger partial charge on any atom is -0.494 e. The van der Waals surface area contributed by atoms with Crippen LogP contribution in [0.2, 0.25) is 0 Å². The highest BCUT2D eigenvalue weighted by molar-refractivity contribution is 5.75. The number of carbonyl (C=O) groups is 2. The maximum atomic E-state index is 12.7. The van der Waals surface area contributed by atoms with Gasteiger partial charge in [-0.3, -0.25) is 4.79 Å². The van der Waals surface area contributed by atoms with Crippen molar-refractivity contribution in [2.45, 2.75) is 65.1 Å². The van der Waals surface area contributed by atoms with Crippen molar-refractivity contribution in [3.63, 3.8) is 0 Å². The van der Waals surface area contributed by atoms with Gasteiger partial charge in [0, 0.05) is 18.6 Å². The van der Waals surface area contributed by atoms with Crippen LogP contribution in [0.1, 0.15) is 52.0 Å². The van der Waals surface area contributed by atoms with Crippen LogP contribution >= 0.6 is 0 Å². The highest BCUT2D eigenvalue weighted by Crippen LogP contribution is 2.25. The number of benzene rings is 1. The summed E-state index contributed by atoms with van der Waals surface area (Å²) in [6.07, 6.45) is 2.69. The van der Waals surface area contributed by atoms with E-state index in [1.807, 2.05) is 45.0 Å². The number of carboxylic acids is 1. The number of rotatable bonds is 7. The van der Waals surface area contributed by atoms with E-state index in [1.165, 1.54) is 0 Å². The molecular formula is C20H30N2O4. The van der Waals surface area contributed by atoms with Crippen molar-refractivity contribution < 1.29 is 19.4 Å². The van der Waals surface area contributed by atoms with Gasteiger partial charge in [-0.15, -0.1) is 0 Å². The zero-order valence-electron chi connectivity index (χ0n) is 15.9. The Labute approximate surface area is 155 Å². The lowest BCUT2D eigenvalue weighted by atomic mass is 9.86. The van der Waals surface area contributed by atoms with Crippen LogP contribution < -0.4 is 10.1 Å². The second-order valence-corrected chi connectivity index (χ2v) is 7.13. The lowest BCUT2D eigenvalue weighted by molar-refractivity contribution is -0.142. The summed E-state index contributed by atoms with van der Waals surface area (Å²) in [5, 5.41) is 12.2. The van der Waals surface area contributed by atoms with Gasteiger partial charge in [0.1, 0.15) is 5.75 Å². The molecule has 1 fully saturated rings.